The maximum Gasteiger partial charge on any atom is 0.136 e. The molecule has 3 rings (SSSR count). The van der Waals surface area contributed by atoms with Crippen LogP contribution >= 0.6 is 27.3 Å². The normalized spacial score (nSPS) is 14.7. The zero-order chi connectivity index (χ0) is 12.4. The molecule has 0 fully saturated rings. The van der Waals surface area contributed by atoms with E-state index in [1.165, 1.54) is 10.6 Å². The van der Waals surface area contributed by atoms with E-state index in [9.17, 15) is 0 Å². The van der Waals surface area contributed by atoms with E-state index in [0.717, 1.165) is 36.7 Å². The van der Waals surface area contributed by atoms with E-state index in [0.29, 0.717) is 6.61 Å². The van der Waals surface area contributed by atoms with Crippen LogP contribution in [0.3, 0.4) is 0 Å². The SMILES string of the molecule is Brc1nc2n(c1CNCc1cccs1)CCOC2. The Labute approximate surface area is 118 Å². The van der Waals surface area contributed by atoms with Crippen LogP contribution in [0.5, 0.6) is 0 Å². The molecule has 3 heterocycles. The lowest BCUT2D eigenvalue weighted by Crippen LogP contribution is -2.21. The predicted molar refractivity (Wildman–Crippen MR) is 74.4 cm³/mol. The average molecular weight is 328 g/mol. The van der Waals surface area contributed by atoms with Gasteiger partial charge >= 0.3 is 0 Å². The Hall–Kier alpha value is -0.690. The molecule has 6 heteroatoms. The van der Waals surface area contributed by atoms with Crippen molar-refractivity contribution < 1.29 is 4.74 Å². The minimum Gasteiger partial charge on any atom is -0.372 e. The van der Waals surface area contributed by atoms with E-state index in [4.69, 9.17) is 4.74 Å². The Bertz CT molecular complexity index is 524. The molecular weight excluding hydrogens is 314 g/mol. The summed E-state index contributed by atoms with van der Waals surface area (Å²) in [6, 6.07) is 4.22. The van der Waals surface area contributed by atoms with E-state index in [1.807, 2.05) is 0 Å². The summed E-state index contributed by atoms with van der Waals surface area (Å²) in [4.78, 5) is 5.84. The smallest absolute Gasteiger partial charge is 0.136 e. The van der Waals surface area contributed by atoms with Gasteiger partial charge in [-0.3, -0.25) is 0 Å². The molecule has 18 heavy (non-hydrogen) atoms. The van der Waals surface area contributed by atoms with Crippen molar-refractivity contribution in [1.29, 1.82) is 0 Å². The van der Waals surface area contributed by atoms with Crippen molar-refractivity contribution in [2.75, 3.05) is 6.61 Å². The average Bonchev–Trinajstić information content (AvgIpc) is 2.98. The highest BCUT2D eigenvalue weighted by Gasteiger charge is 2.18. The van der Waals surface area contributed by atoms with Crippen molar-refractivity contribution in [2.45, 2.75) is 26.2 Å². The fraction of sp³-hybridized carbons (Fsp3) is 0.417. The first-order valence-electron chi connectivity index (χ1n) is 5.89. The molecule has 0 aromatic carbocycles. The van der Waals surface area contributed by atoms with Crippen LogP contribution in [0.15, 0.2) is 22.1 Å². The topological polar surface area (TPSA) is 39.1 Å². The van der Waals surface area contributed by atoms with Gasteiger partial charge in [0, 0.05) is 24.5 Å². The van der Waals surface area contributed by atoms with Gasteiger partial charge in [-0.25, -0.2) is 4.98 Å². The first-order chi connectivity index (χ1) is 8.84. The second-order valence-electron chi connectivity index (χ2n) is 4.15. The summed E-state index contributed by atoms with van der Waals surface area (Å²) >= 11 is 5.31. The zero-order valence-electron chi connectivity index (χ0n) is 9.86. The molecule has 1 N–H and O–H groups in total. The highest BCUT2D eigenvalue weighted by molar-refractivity contribution is 9.10. The summed E-state index contributed by atoms with van der Waals surface area (Å²) in [6.45, 7) is 4.01. The van der Waals surface area contributed by atoms with Gasteiger partial charge in [-0.05, 0) is 27.4 Å². The highest BCUT2D eigenvalue weighted by Crippen LogP contribution is 2.21. The molecule has 0 bridgehead atoms. The number of hydrogen-bond acceptors (Lipinski definition) is 4. The third kappa shape index (κ3) is 2.51. The first kappa shape index (κ1) is 12.3. The quantitative estimate of drug-likeness (QED) is 0.937. The van der Waals surface area contributed by atoms with Crippen molar-refractivity contribution >= 4 is 27.3 Å². The molecule has 0 radical (unpaired) electrons. The van der Waals surface area contributed by atoms with Crippen molar-refractivity contribution in [1.82, 2.24) is 14.9 Å². The lowest BCUT2D eigenvalue weighted by molar-refractivity contribution is 0.0805. The molecule has 96 valence electrons. The summed E-state index contributed by atoms with van der Waals surface area (Å²) in [5, 5.41) is 5.56. The fourth-order valence-corrected chi connectivity index (χ4v) is 3.32. The fourth-order valence-electron chi connectivity index (χ4n) is 2.08. The van der Waals surface area contributed by atoms with Gasteiger partial charge in [-0.15, -0.1) is 11.3 Å². The van der Waals surface area contributed by atoms with Crippen molar-refractivity contribution in [3.05, 3.63) is 38.5 Å². The number of aromatic nitrogens is 2. The predicted octanol–water partition coefficient (Wildman–Crippen LogP) is 2.53. The molecule has 1 aliphatic rings. The van der Waals surface area contributed by atoms with Crippen LogP contribution in [-0.2, 0) is 31.0 Å². The van der Waals surface area contributed by atoms with E-state index < -0.39 is 0 Å². The molecule has 1 aliphatic heterocycles. The van der Waals surface area contributed by atoms with Gasteiger partial charge in [0.15, 0.2) is 0 Å². The van der Waals surface area contributed by atoms with E-state index >= 15 is 0 Å². The number of fused-ring (bicyclic) bond motifs is 1. The van der Waals surface area contributed by atoms with E-state index in [1.54, 1.807) is 11.3 Å². The lowest BCUT2D eigenvalue weighted by atomic mass is 10.4. The molecule has 0 spiro atoms. The van der Waals surface area contributed by atoms with Crippen molar-refractivity contribution in [3.63, 3.8) is 0 Å². The summed E-state index contributed by atoms with van der Waals surface area (Å²) in [7, 11) is 0. The minimum absolute atomic E-state index is 0.615. The molecule has 0 atom stereocenters. The molecule has 0 amide bonds. The Kier molecular flexibility index (Phi) is 3.79. The first-order valence-corrected chi connectivity index (χ1v) is 7.56. The van der Waals surface area contributed by atoms with Gasteiger partial charge in [-0.1, -0.05) is 6.07 Å². The summed E-state index contributed by atoms with van der Waals surface area (Å²) in [5.41, 5.74) is 1.21. The third-order valence-electron chi connectivity index (χ3n) is 2.96. The van der Waals surface area contributed by atoms with Gasteiger partial charge in [0.1, 0.15) is 17.0 Å². The maximum absolute atomic E-state index is 5.40. The van der Waals surface area contributed by atoms with Gasteiger partial charge in [0.2, 0.25) is 0 Å². The molecule has 0 unspecified atom stereocenters. The summed E-state index contributed by atoms with van der Waals surface area (Å²) < 4.78 is 8.58. The van der Waals surface area contributed by atoms with E-state index in [2.05, 4.69) is 48.3 Å². The molecule has 0 saturated carbocycles. The monoisotopic (exact) mass is 327 g/mol. The second-order valence-corrected chi connectivity index (χ2v) is 5.94. The summed E-state index contributed by atoms with van der Waals surface area (Å²) in [5.74, 6) is 1.01. The summed E-state index contributed by atoms with van der Waals surface area (Å²) in [6.07, 6.45) is 0. The number of nitrogens with one attached hydrogen (secondary N) is 1. The van der Waals surface area contributed by atoms with Crippen LogP contribution in [-0.4, -0.2) is 16.2 Å². The molecule has 2 aromatic heterocycles. The number of thiophene rings is 1. The van der Waals surface area contributed by atoms with Gasteiger partial charge < -0.3 is 14.6 Å². The van der Waals surface area contributed by atoms with Crippen LogP contribution in [0.2, 0.25) is 0 Å². The van der Waals surface area contributed by atoms with Gasteiger partial charge in [0.05, 0.1) is 12.3 Å². The molecule has 4 nitrogen and oxygen atoms in total. The van der Waals surface area contributed by atoms with Crippen LogP contribution in [0.25, 0.3) is 0 Å². The number of halogens is 1. The zero-order valence-corrected chi connectivity index (χ0v) is 12.3. The molecular formula is C12H14BrN3OS. The van der Waals surface area contributed by atoms with Crippen molar-refractivity contribution in [2.24, 2.45) is 0 Å². The Morgan fingerprint density at radius 3 is 3.28 bits per heavy atom. The number of rotatable bonds is 4. The Morgan fingerprint density at radius 1 is 1.50 bits per heavy atom. The number of ether oxygens (including phenoxy) is 1. The second kappa shape index (κ2) is 5.52. The van der Waals surface area contributed by atoms with Gasteiger partial charge in [-0.2, -0.15) is 0 Å². The largest absolute Gasteiger partial charge is 0.372 e. The molecule has 2 aromatic rings. The minimum atomic E-state index is 0.615. The van der Waals surface area contributed by atoms with E-state index in [-0.39, 0.29) is 0 Å². The maximum atomic E-state index is 5.40. The van der Waals surface area contributed by atoms with Crippen LogP contribution in [0.4, 0.5) is 0 Å². The van der Waals surface area contributed by atoms with Crippen LogP contribution < -0.4 is 5.32 Å². The van der Waals surface area contributed by atoms with Crippen LogP contribution in [0.1, 0.15) is 16.4 Å². The lowest BCUT2D eigenvalue weighted by Gasteiger charge is -2.17. The highest BCUT2D eigenvalue weighted by atomic mass is 79.9. The molecule has 0 saturated heterocycles. The standard InChI is InChI=1S/C12H14BrN3OS/c13-12-10(7-14-6-9-2-1-5-18-9)16-3-4-17-8-11(16)15-12/h1-2,5,14H,3-4,6-8H2. The third-order valence-corrected chi connectivity index (χ3v) is 4.48. The Morgan fingerprint density at radius 2 is 2.44 bits per heavy atom. The molecule has 0 aliphatic carbocycles. The number of hydrogen-bond donors (Lipinski definition) is 1. The Balaban J connectivity index is 1.67. The van der Waals surface area contributed by atoms with Gasteiger partial charge in [0.25, 0.3) is 0 Å². The number of imidazole rings is 1. The number of nitrogens with zero attached hydrogens (tertiary/aromatic N) is 2. The van der Waals surface area contributed by atoms with Crippen molar-refractivity contribution in [3.8, 4) is 0 Å². The van der Waals surface area contributed by atoms with Crippen LogP contribution in [0, 0.1) is 0 Å².